The molecule has 21 nitrogen and oxygen atoms in total. The van der Waals surface area contributed by atoms with Crippen LogP contribution in [0.1, 0.15) is 242 Å². The van der Waals surface area contributed by atoms with Crippen LogP contribution in [0.5, 0.6) is 0 Å². The van der Waals surface area contributed by atoms with Crippen molar-refractivity contribution in [2.45, 2.75) is 199 Å². The molecule has 6 amide bonds. The first kappa shape index (κ1) is 78.9. The first-order valence-corrected chi connectivity index (χ1v) is 40.5. The van der Waals surface area contributed by atoms with Gasteiger partial charge in [-0.15, -0.1) is 0 Å². The molecule has 5 aliphatic heterocycles. The van der Waals surface area contributed by atoms with Crippen molar-refractivity contribution in [2.75, 3.05) is 74.3 Å². The van der Waals surface area contributed by atoms with E-state index in [2.05, 4.69) is 25.8 Å². The van der Waals surface area contributed by atoms with Crippen molar-refractivity contribution in [2.24, 2.45) is 38.9 Å². The lowest BCUT2D eigenvalue weighted by Gasteiger charge is -2.46. The summed E-state index contributed by atoms with van der Waals surface area (Å²) in [6.45, 7) is 6.17. The molecule has 12 aliphatic rings. The van der Waals surface area contributed by atoms with Gasteiger partial charge in [0.15, 0.2) is 0 Å². The lowest BCUT2D eigenvalue weighted by molar-refractivity contribution is -0.149. The molecule has 5 heterocycles. The molecule has 0 aromatic heterocycles. The number of hydrogen-bond donors (Lipinski definition) is 5. The van der Waals surface area contributed by atoms with Crippen molar-refractivity contribution in [3.05, 3.63) is 174 Å². The average Bonchev–Trinajstić information content (AvgIpc) is 0.779. The SMILES string of the molecule is COC(=O)c1ccc2c(c1)CCC1(CCCN(CC3CCC3)C1=O)C2.COC(=O)c1ccc2c(c1)CCC1(CCCNC1=O)C2.COC(=O)c1ccc2c(c1)CCC1(CCCNC1=O)C2.COC(=O)c1ccc2c(c1)CCC1(CCCNC1=O)C2.O=C(NO)c1ccc2c(c1)CCC1(CCCN(CC3CCC3)C1=O)C2. The molecule has 586 valence electrons. The number of ether oxygens (including phenoxy) is 4. The Labute approximate surface area is 646 Å². The van der Waals surface area contributed by atoms with Crippen molar-refractivity contribution in [3.8, 4) is 0 Å². The van der Waals surface area contributed by atoms with Crippen LogP contribution in [-0.2, 0) is 107 Å². The number of nitrogens with zero attached hydrogens (tertiary/aromatic N) is 2. The first-order valence-electron chi connectivity index (χ1n) is 40.5. The molecule has 2 saturated carbocycles. The standard InChI is InChI=1S/C21H27NO3.C20H26N2O3.3C16H19NO3/c1-25-19(23)17-6-7-18-13-21(10-8-16(18)12-17)9-3-11-22(20(21)24)14-15-4-2-5-15;23-18(21-25)16-5-6-17-12-20(9-7-15(17)11-16)8-2-10-22(19(20)24)13-14-3-1-4-14;3*1-20-14(18)12-3-4-13-10-16(7-5-11(13)9-12)6-2-8-17-15(16)19/h6-7,12,15H,2-5,8-11,13-14H2,1H3;5-6,11,14,25H,1-4,7-10,12-13H2,(H,21,23);3*3-4,9H,2,5-8,10H2,1H3,(H,17,19). The summed E-state index contributed by atoms with van der Waals surface area (Å²) in [5.74, 6) is 1.11. The van der Waals surface area contributed by atoms with Gasteiger partial charge < -0.3 is 44.7 Å². The zero-order valence-corrected chi connectivity index (χ0v) is 64.7. The number of nitrogens with one attached hydrogen (secondary N) is 4. The second kappa shape index (κ2) is 34.2. The van der Waals surface area contributed by atoms with E-state index < -0.39 is 5.91 Å². The number of carbonyl (C=O) groups excluding carboxylic acids is 10. The summed E-state index contributed by atoms with van der Waals surface area (Å²) in [6, 6.07) is 28.4. The monoisotopic (exact) mass is 1500 g/mol. The maximum Gasteiger partial charge on any atom is 0.337 e. The normalized spacial score (nSPS) is 25.6. The number of esters is 4. The Kier molecular flexibility index (Phi) is 24.5. The molecule has 5 N–H and O–H groups in total. The molecule has 5 saturated heterocycles. The molecule has 0 bridgehead atoms. The van der Waals surface area contributed by atoms with Gasteiger partial charge in [0.25, 0.3) is 5.91 Å². The van der Waals surface area contributed by atoms with Gasteiger partial charge in [-0.05, 0) is 314 Å². The number of piperidine rings is 5. The third-order valence-electron chi connectivity index (χ3n) is 26.9. The number of carbonyl (C=O) groups is 10. The summed E-state index contributed by atoms with van der Waals surface area (Å²) in [5, 5.41) is 17.8. The van der Waals surface area contributed by atoms with Crippen LogP contribution in [0, 0.1) is 38.9 Å². The van der Waals surface area contributed by atoms with Crippen molar-refractivity contribution in [1.82, 2.24) is 31.2 Å². The highest BCUT2D eigenvalue weighted by molar-refractivity contribution is 5.95. The summed E-state index contributed by atoms with van der Waals surface area (Å²) in [6.07, 6.45) is 30.7. The minimum Gasteiger partial charge on any atom is -0.465 e. The van der Waals surface area contributed by atoms with Gasteiger partial charge in [-0.1, -0.05) is 43.2 Å². The van der Waals surface area contributed by atoms with E-state index in [1.807, 2.05) is 66.7 Å². The van der Waals surface area contributed by atoms with E-state index in [1.54, 1.807) is 29.7 Å². The fourth-order valence-corrected chi connectivity index (χ4v) is 19.9. The zero-order valence-electron chi connectivity index (χ0n) is 64.7. The summed E-state index contributed by atoms with van der Waals surface area (Å²) in [4.78, 5) is 125. The molecular formula is C89H110N6O15. The van der Waals surface area contributed by atoms with Gasteiger partial charge in [-0.25, -0.2) is 24.7 Å². The Morgan fingerprint density at radius 3 is 0.891 bits per heavy atom. The van der Waals surface area contributed by atoms with E-state index in [0.29, 0.717) is 39.6 Å². The lowest BCUT2D eigenvalue weighted by Crippen LogP contribution is -2.52. The highest BCUT2D eigenvalue weighted by Gasteiger charge is 2.50. The molecule has 5 aromatic carbocycles. The number of hydroxylamine groups is 1. The first-order chi connectivity index (χ1) is 53.2. The largest absolute Gasteiger partial charge is 0.465 e. The van der Waals surface area contributed by atoms with Crippen molar-refractivity contribution in [3.63, 3.8) is 0 Å². The molecule has 5 aromatic rings. The van der Waals surface area contributed by atoms with Crippen LogP contribution in [-0.4, -0.2) is 149 Å². The number of likely N-dealkylation sites (tertiary alicyclic amines) is 2. The maximum absolute atomic E-state index is 13.3. The molecule has 0 radical (unpaired) electrons. The van der Waals surface area contributed by atoms with Gasteiger partial charge in [0.2, 0.25) is 29.5 Å². The molecule has 7 fully saturated rings. The van der Waals surface area contributed by atoms with E-state index in [0.717, 1.165) is 224 Å². The van der Waals surface area contributed by atoms with Crippen molar-refractivity contribution >= 4 is 59.3 Å². The minimum absolute atomic E-state index is 0.200. The van der Waals surface area contributed by atoms with Crippen LogP contribution in [0.15, 0.2) is 91.0 Å². The molecule has 7 aliphatic carbocycles. The molecule has 110 heavy (non-hydrogen) atoms. The highest BCUT2D eigenvalue weighted by Crippen LogP contribution is 2.48. The van der Waals surface area contributed by atoms with Gasteiger partial charge in [0, 0.05) is 51.4 Å². The predicted molar refractivity (Wildman–Crippen MR) is 412 cm³/mol. The molecule has 21 heteroatoms. The third-order valence-corrected chi connectivity index (χ3v) is 26.9. The van der Waals surface area contributed by atoms with E-state index in [4.69, 9.17) is 24.2 Å². The third kappa shape index (κ3) is 16.8. The fraction of sp³-hybridized carbons (Fsp3) is 0.551. The topological polar surface area (TPSA) is 282 Å². The van der Waals surface area contributed by atoms with E-state index >= 15 is 0 Å². The second-order valence-corrected chi connectivity index (χ2v) is 33.5. The summed E-state index contributed by atoms with van der Waals surface area (Å²) in [5.41, 5.74) is 15.3. The Morgan fingerprint density at radius 1 is 0.364 bits per heavy atom. The van der Waals surface area contributed by atoms with Gasteiger partial charge in [0.05, 0.1) is 77.8 Å². The maximum atomic E-state index is 13.3. The van der Waals surface area contributed by atoms with Crippen LogP contribution >= 0.6 is 0 Å². The summed E-state index contributed by atoms with van der Waals surface area (Å²) < 4.78 is 19.1. The lowest BCUT2D eigenvalue weighted by atomic mass is 9.66. The van der Waals surface area contributed by atoms with Gasteiger partial charge in [-0.2, -0.15) is 0 Å². The number of hydrogen-bond acceptors (Lipinski definition) is 15. The van der Waals surface area contributed by atoms with Crippen LogP contribution < -0.4 is 21.4 Å². The van der Waals surface area contributed by atoms with Gasteiger partial charge >= 0.3 is 23.9 Å². The molecular weight excluding hydrogens is 1390 g/mol. The van der Waals surface area contributed by atoms with Crippen LogP contribution in [0.25, 0.3) is 0 Å². The molecule has 5 spiro atoms. The molecule has 17 rings (SSSR count). The smallest absolute Gasteiger partial charge is 0.337 e. The highest BCUT2D eigenvalue weighted by atomic mass is 16.5. The van der Waals surface area contributed by atoms with Gasteiger partial charge in [0.1, 0.15) is 0 Å². The zero-order chi connectivity index (χ0) is 77.4. The average molecular weight is 1500 g/mol. The van der Waals surface area contributed by atoms with E-state index in [1.165, 1.54) is 117 Å². The van der Waals surface area contributed by atoms with E-state index in [-0.39, 0.29) is 68.7 Å². The minimum atomic E-state index is -0.483. The Morgan fingerprint density at radius 2 is 0.627 bits per heavy atom. The van der Waals surface area contributed by atoms with Crippen LogP contribution in [0.3, 0.4) is 0 Å². The Balaban J connectivity index is 0.000000121. The number of methoxy groups -OCH3 is 4. The summed E-state index contributed by atoms with van der Waals surface area (Å²) >= 11 is 0. The number of aryl methyl sites for hydroxylation is 5. The fourth-order valence-electron chi connectivity index (χ4n) is 19.9. The molecule has 5 unspecified atom stereocenters. The van der Waals surface area contributed by atoms with Gasteiger partial charge in [-0.3, -0.25) is 34.0 Å². The predicted octanol–water partition coefficient (Wildman–Crippen LogP) is 11.6. The molecule has 5 atom stereocenters. The second-order valence-electron chi connectivity index (χ2n) is 33.5. The van der Waals surface area contributed by atoms with E-state index in [9.17, 15) is 47.9 Å². The Bertz CT molecular complexity index is 3990. The van der Waals surface area contributed by atoms with Crippen LogP contribution in [0.2, 0.25) is 0 Å². The van der Waals surface area contributed by atoms with Crippen molar-refractivity contribution < 1.29 is 72.1 Å². The summed E-state index contributed by atoms with van der Waals surface area (Å²) in [7, 11) is 5.59. The van der Waals surface area contributed by atoms with Crippen LogP contribution in [0.4, 0.5) is 0 Å². The van der Waals surface area contributed by atoms with Crippen molar-refractivity contribution in [1.29, 1.82) is 0 Å². The number of benzene rings is 5. The quantitative estimate of drug-likeness (QED) is 0.0397. The Hall–Kier alpha value is -9.24. The number of rotatable bonds is 9. The number of fused-ring (bicyclic) bond motifs is 5. The number of amides is 6.